The molecule has 0 saturated carbocycles. The molecular weight excluding hydrogens is 345 g/mol. The number of aliphatic hydroxyl groups excluding tert-OH is 1. The number of halogens is 2. The van der Waals surface area contributed by atoms with Crippen LogP contribution in [0.25, 0.3) is 0 Å². The van der Waals surface area contributed by atoms with Gasteiger partial charge in [-0.1, -0.05) is 12.1 Å². The van der Waals surface area contributed by atoms with Crippen LogP contribution < -0.4 is 4.74 Å². The van der Waals surface area contributed by atoms with E-state index in [0.717, 1.165) is 0 Å². The maximum atomic E-state index is 13.9. The molecule has 2 rings (SSSR count). The molecule has 0 aliphatic carbocycles. The highest BCUT2D eigenvalue weighted by atomic mass is 79.9. The number of non-ortho nitro benzene ring substituents is 1. The lowest BCUT2D eigenvalue weighted by Crippen LogP contribution is -1.99. The zero-order chi connectivity index (χ0) is 15.6. The Morgan fingerprint density at radius 1 is 1.38 bits per heavy atom. The molecule has 0 bridgehead atoms. The average Bonchev–Trinajstić information content (AvgIpc) is 2.42. The van der Waals surface area contributed by atoms with E-state index < -0.39 is 16.8 Å². The molecule has 1 atom stereocenters. The van der Waals surface area contributed by atoms with Crippen molar-refractivity contribution < 1.29 is 19.2 Å². The zero-order valence-corrected chi connectivity index (χ0v) is 12.5. The molecule has 0 amide bonds. The number of hydrogen-bond acceptors (Lipinski definition) is 4. The highest BCUT2D eigenvalue weighted by Gasteiger charge is 2.17. The third-order valence-corrected chi connectivity index (χ3v) is 3.44. The summed E-state index contributed by atoms with van der Waals surface area (Å²) in [5.74, 6) is -0.725. The van der Waals surface area contributed by atoms with Crippen molar-refractivity contribution in [3.8, 4) is 11.5 Å². The van der Waals surface area contributed by atoms with E-state index in [1.807, 2.05) is 0 Å². The molecule has 2 aromatic carbocycles. The molecule has 2 aromatic rings. The molecule has 7 heteroatoms. The maximum Gasteiger partial charge on any atom is 0.273 e. The fraction of sp³-hybridized carbons (Fsp3) is 0.143. The summed E-state index contributed by atoms with van der Waals surface area (Å²) < 4.78 is 19.8. The smallest absolute Gasteiger partial charge is 0.273 e. The van der Waals surface area contributed by atoms with E-state index in [-0.39, 0.29) is 22.7 Å². The Hall–Kier alpha value is -1.99. The predicted octanol–water partition coefficient (Wildman–Crippen LogP) is 4.34. The van der Waals surface area contributed by atoms with Crippen LogP contribution in [0.15, 0.2) is 40.9 Å². The quantitative estimate of drug-likeness (QED) is 0.653. The summed E-state index contributed by atoms with van der Waals surface area (Å²) >= 11 is 3.19. The summed E-state index contributed by atoms with van der Waals surface area (Å²) in [6.45, 7) is 1.48. The summed E-state index contributed by atoms with van der Waals surface area (Å²) in [6, 6.07) is 8.08. The summed E-state index contributed by atoms with van der Waals surface area (Å²) in [7, 11) is 0. The van der Waals surface area contributed by atoms with Crippen LogP contribution in [-0.4, -0.2) is 10.0 Å². The number of nitrogens with zero attached hydrogens (tertiary/aromatic N) is 1. The summed E-state index contributed by atoms with van der Waals surface area (Å²) in [5.41, 5.74) is 0.0801. The van der Waals surface area contributed by atoms with Crippen LogP contribution in [0.4, 0.5) is 10.1 Å². The van der Waals surface area contributed by atoms with Gasteiger partial charge >= 0.3 is 0 Å². The molecule has 0 spiro atoms. The molecule has 1 N–H and O–H groups in total. The van der Waals surface area contributed by atoms with Crippen molar-refractivity contribution in [1.82, 2.24) is 0 Å². The largest absolute Gasteiger partial charge is 0.452 e. The van der Waals surface area contributed by atoms with E-state index in [9.17, 15) is 19.6 Å². The summed E-state index contributed by atoms with van der Waals surface area (Å²) in [6.07, 6.45) is -0.937. The van der Waals surface area contributed by atoms with E-state index >= 15 is 0 Å². The van der Waals surface area contributed by atoms with Crippen molar-refractivity contribution in [1.29, 1.82) is 0 Å². The van der Waals surface area contributed by atoms with Gasteiger partial charge in [0.05, 0.1) is 21.6 Å². The van der Waals surface area contributed by atoms with Gasteiger partial charge in [0.25, 0.3) is 5.69 Å². The van der Waals surface area contributed by atoms with E-state index in [4.69, 9.17) is 4.74 Å². The number of para-hydroxylation sites is 1. The van der Waals surface area contributed by atoms with Crippen LogP contribution in [0.5, 0.6) is 11.5 Å². The standard InChI is InChI=1S/C14H11BrFNO4/c1-8(18)10-3-2-4-12(16)14(10)21-13-7-9(17(19)20)5-6-11(13)15/h2-8,18H,1H3/t8-/m1/s1. The van der Waals surface area contributed by atoms with Crippen molar-refractivity contribution in [3.63, 3.8) is 0 Å². The SMILES string of the molecule is C[C@@H](O)c1cccc(F)c1Oc1cc([N+](=O)[O-])ccc1Br. The first kappa shape index (κ1) is 15.4. The van der Waals surface area contributed by atoms with Gasteiger partial charge in [0.15, 0.2) is 11.6 Å². The molecule has 0 heterocycles. The third kappa shape index (κ3) is 3.37. The van der Waals surface area contributed by atoms with Gasteiger partial charge in [-0.05, 0) is 35.0 Å². The maximum absolute atomic E-state index is 13.9. The van der Waals surface area contributed by atoms with Gasteiger partial charge in [0.2, 0.25) is 0 Å². The summed E-state index contributed by atoms with van der Waals surface area (Å²) in [4.78, 5) is 10.2. The second-order valence-corrected chi connectivity index (χ2v) is 5.16. The molecule has 0 aliphatic rings. The first-order valence-electron chi connectivity index (χ1n) is 5.98. The Labute approximate surface area is 128 Å². The molecule has 0 aromatic heterocycles. The van der Waals surface area contributed by atoms with E-state index in [1.54, 1.807) is 0 Å². The highest BCUT2D eigenvalue weighted by molar-refractivity contribution is 9.10. The lowest BCUT2D eigenvalue weighted by atomic mass is 10.1. The van der Waals surface area contributed by atoms with Gasteiger partial charge in [-0.2, -0.15) is 0 Å². The first-order chi connectivity index (χ1) is 9.90. The van der Waals surface area contributed by atoms with Crippen LogP contribution in [0, 0.1) is 15.9 Å². The van der Waals surface area contributed by atoms with Gasteiger partial charge < -0.3 is 9.84 Å². The minimum absolute atomic E-state index is 0.0937. The lowest BCUT2D eigenvalue weighted by molar-refractivity contribution is -0.384. The van der Waals surface area contributed by atoms with E-state index in [1.165, 1.54) is 43.3 Å². The molecule has 0 radical (unpaired) electrons. The number of hydrogen-bond donors (Lipinski definition) is 1. The van der Waals surface area contributed by atoms with Crippen molar-refractivity contribution in [2.75, 3.05) is 0 Å². The molecule has 110 valence electrons. The van der Waals surface area contributed by atoms with Crippen molar-refractivity contribution in [2.24, 2.45) is 0 Å². The Morgan fingerprint density at radius 2 is 2.10 bits per heavy atom. The Morgan fingerprint density at radius 3 is 2.71 bits per heavy atom. The van der Waals surface area contributed by atoms with Crippen LogP contribution in [0.2, 0.25) is 0 Å². The Kier molecular flexibility index (Phi) is 4.54. The van der Waals surface area contributed by atoms with Crippen molar-refractivity contribution in [3.05, 3.63) is 62.4 Å². The van der Waals surface area contributed by atoms with E-state index in [2.05, 4.69) is 15.9 Å². The number of rotatable bonds is 4. The topological polar surface area (TPSA) is 72.6 Å². The first-order valence-corrected chi connectivity index (χ1v) is 6.77. The monoisotopic (exact) mass is 355 g/mol. The molecule has 0 saturated heterocycles. The molecule has 0 fully saturated rings. The third-order valence-electron chi connectivity index (χ3n) is 2.79. The number of ether oxygens (including phenoxy) is 1. The number of aliphatic hydroxyl groups is 1. The summed E-state index contributed by atoms with van der Waals surface area (Å²) in [5, 5.41) is 20.4. The zero-order valence-electron chi connectivity index (χ0n) is 10.9. The lowest BCUT2D eigenvalue weighted by Gasteiger charge is -2.14. The van der Waals surface area contributed by atoms with E-state index in [0.29, 0.717) is 4.47 Å². The van der Waals surface area contributed by atoms with Gasteiger partial charge in [-0.15, -0.1) is 0 Å². The Balaban J connectivity index is 2.47. The van der Waals surface area contributed by atoms with Crippen LogP contribution in [0.1, 0.15) is 18.6 Å². The number of nitro benzene ring substituents is 1. The second kappa shape index (κ2) is 6.19. The second-order valence-electron chi connectivity index (χ2n) is 4.31. The van der Waals surface area contributed by atoms with Gasteiger partial charge in [-0.25, -0.2) is 4.39 Å². The number of benzene rings is 2. The fourth-order valence-corrected chi connectivity index (χ4v) is 2.08. The Bertz CT molecular complexity index is 691. The van der Waals surface area contributed by atoms with Crippen LogP contribution in [-0.2, 0) is 0 Å². The highest BCUT2D eigenvalue weighted by Crippen LogP contribution is 2.37. The molecule has 21 heavy (non-hydrogen) atoms. The minimum Gasteiger partial charge on any atom is -0.452 e. The fourth-order valence-electron chi connectivity index (χ4n) is 1.76. The normalized spacial score (nSPS) is 12.0. The van der Waals surface area contributed by atoms with Gasteiger partial charge in [0, 0.05) is 11.6 Å². The van der Waals surface area contributed by atoms with Crippen LogP contribution in [0.3, 0.4) is 0 Å². The minimum atomic E-state index is -0.937. The van der Waals surface area contributed by atoms with Crippen LogP contribution >= 0.6 is 15.9 Å². The molecular formula is C14H11BrFNO4. The molecule has 5 nitrogen and oxygen atoms in total. The van der Waals surface area contributed by atoms with Crippen molar-refractivity contribution in [2.45, 2.75) is 13.0 Å². The number of nitro groups is 1. The molecule has 0 unspecified atom stereocenters. The average molecular weight is 356 g/mol. The van der Waals surface area contributed by atoms with Gasteiger partial charge in [0.1, 0.15) is 5.75 Å². The predicted molar refractivity (Wildman–Crippen MR) is 77.9 cm³/mol. The molecule has 0 aliphatic heterocycles. The van der Waals surface area contributed by atoms with Crippen molar-refractivity contribution >= 4 is 21.6 Å². The van der Waals surface area contributed by atoms with Gasteiger partial charge in [-0.3, -0.25) is 10.1 Å².